The zero-order valence-electron chi connectivity index (χ0n) is 17.3. The van der Waals surface area contributed by atoms with Crippen LogP contribution < -0.4 is 10.7 Å². The van der Waals surface area contributed by atoms with Crippen LogP contribution in [0.2, 0.25) is 5.02 Å². The summed E-state index contributed by atoms with van der Waals surface area (Å²) in [6, 6.07) is 13.6. The Hall–Kier alpha value is -4.91. The first-order chi connectivity index (χ1) is 17.0. The van der Waals surface area contributed by atoms with E-state index in [1.165, 1.54) is 30.5 Å². The Morgan fingerprint density at radius 3 is 2.60 bits per heavy atom. The summed E-state index contributed by atoms with van der Waals surface area (Å²) in [6.07, 6.45) is 1.35. The van der Waals surface area contributed by atoms with Crippen LogP contribution >= 0.6 is 11.6 Å². The lowest BCUT2D eigenvalue weighted by atomic mass is 10.1. The molecule has 0 saturated carbocycles. The second-order valence-electron chi connectivity index (χ2n) is 6.93. The number of nitro benzene ring substituents is 1. The number of furan rings is 1. The molecule has 0 saturated heterocycles. The Labute approximate surface area is 199 Å². The van der Waals surface area contributed by atoms with E-state index >= 15 is 0 Å². The highest BCUT2D eigenvalue weighted by Crippen LogP contribution is 2.31. The van der Waals surface area contributed by atoms with Crippen molar-refractivity contribution in [2.45, 2.75) is 0 Å². The van der Waals surface area contributed by atoms with E-state index < -0.39 is 10.7 Å². The lowest BCUT2D eigenvalue weighted by molar-refractivity contribution is -0.384. The monoisotopic (exact) mass is 494 g/mol. The van der Waals surface area contributed by atoms with E-state index in [9.17, 15) is 14.5 Å². The Bertz CT molecular complexity index is 1580. The number of hydrazone groups is 1. The third-order valence-corrected chi connectivity index (χ3v) is 4.98. The van der Waals surface area contributed by atoms with E-state index in [-0.39, 0.29) is 39.3 Å². The standard InChI is InChI=1S/C21H12ClFN8O4/c22-13-7-5-11(9-16(13)31(32)33)17-8-6-12(34-17)10-24-28-19-18(25-15-4-2-1-3-14(15)23)26-20-21(27-19)30-35-29-20/h1-10H,(H,25,26,29)(H,27,28,30)/b24-10+. The van der Waals surface area contributed by atoms with Crippen molar-refractivity contribution in [2.75, 3.05) is 10.7 Å². The minimum atomic E-state index is -0.573. The summed E-state index contributed by atoms with van der Waals surface area (Å²) in [4.78, 5) is 19.0. The minimum Gasteiger partial charge on any atom is -0.455 e. The number of fused-ring (bicyclic) bond motifs is 1. The maximum Gasteiger partial charge on any atom is 0.288 e. The maximum absolute atomic E-state index is 14.1. The predicted molar refractivity (Wildman–Crippen MR) is 124 cm³/mol. The molecule has 0 fully saturated rings. The molecule has 14 heteroatoms. The van der Waals surface area contributed by atoms with E-state index in [0.29, 0.717) is 17.1 Å². The van der Waals surface area contributed by atoms with E-state index in [1.807, 2.05) is 0 Å². The van der Waals surface area contributed by atoms with Crippen LogP contribution in [-0.4, -0.2) is 31.4 Å². The van der Waals surface area contributed by atoms with Gasteiger partial charge in [0.1, 0.15) is 22.4 Å². The summed E-state index contributed by atoms with van der Waals surface area (Å²) >= 11 is 5.86. The largest absolute Gasteiger partial charge is 0.455 e. The molecule has 0 aliphatic rings. The molecule has 5 rings (SSSR count). The molecule has 5 aromatic rings. The highest BCUT2D eigenvalue weighted by molar-refractivity contribution is 6.32. The number of aromatic nitrogens is 4. The van der Waals surface area contributed by atoms with Gasteiger partial charge in [0.15, 0.2) is 11.6 Å². The Morgan fingerprint density at radius 1 is 1.06 bits per heavy atom. The lowest BCUT2D eigenvalue weighted by Crippen LogP contribution is -2.04. The van der Waals surface area contributed by atoms with Crippen LogP contribution in [0.25, 0.3) is 22.6 Å². The van der Waals surface area contributed by atoms with Gasteiger partial charge in [0.05, 0.1) is 16.8 Å². The fraction of sp³-hybridized carbons (Fsp3) is 0. The van der Waals surface area contributed by atoms with Gasteiger partial charge >= 0.3 is 0 Å². The first-order valence-electron chi connectivity index (χ1n) is 9.83. The quantitative estimate of drug-likeness (QED) is 0.176. The van der Waals surface area contributed by atoms with Gasteiger partial charge in [0, 0.05) is 11.6 Å². The molecule has 0 spiro atoms. The average Bonchev–Trinajstić information content (AvgIpc) is 3.50. The number of hydrogen-bond donors (Lipinski definition) is 2. The molecule has 0 bridgehead atoms. The molecule has 3 heterocycles. The molecular formula is C21H12ClFN8O4. The number of nitrogens with one attached hydrogen (secondary N) is 2. The van der Waals surface area contributed by atoms with Gasteiger partial charge in [-0.05, 0) is 46.7 Å². The second-order valence-corrected chi connectivity index (χ2v) is 7.34. The number of hydrogen-bond acceptors (Lipinski definition) is 11. The molecule has 2 aromatic carbocycles. The van der Waals surface area contributed by atoms with Gasteiger partial charge in [-0.25, -0.2) is 14.0 Å². The highest BCUT2D eigenvalue weighted by atomic mass is 35.5. The summed E-state index contributed by atoms with van der Waals surface area (Å²) in [5.74, 6) is 0.471. The number of para-hydroxylation sites is 1. The summed E-state index contributed by atoms with van der Waals surface area (Å²) in [7, 11) is 0. The molecule has 0 atom stereocenters. The van der Waals surface area contributed by atoms with Crippen molar-refractivity contribution in [3.05, 3.63) is 81.3 Å². The first kappa shape index (κ1) is 21.9. The molecule has 0 aliphatic carbocycles. The zero-order chi connectivity index (χ0) is 24.4. The number of nitro groups is 1. The summed E-state index contributed by atoms with van der Waals surface area (Å²) < 4.78 is 24.4. The molecular weight excluding hydrogens is 483 g/mol. The van der Waals surface area contributed by atoms with Crippen LogP contribution in [0, 0.1) is 15.9 Å². The van der Waals surface area contributed by atoms with Gasteiger partial charge in [-0.3, -0.25) is 15.5 Å². The fourth-order valence-electron chi connectivity index (χ4n) is 3.03. The average molecular weight is 495 g/mol. The van der Waals surface area contributed by atoms with Gasteiger partial charge in [0.25, 0.3) is 5.69 Å². The molecule has 0 amide bonds. The molecule has 0 radical (unpaired) electrons. The van der Waals surface area contributed by atoms with Crippen molar-refractivity contribution in [3.8, 4) is 11.3 Å². The van der Waals surface area contributed by atoms with Gasteiger partial charge in [-0.15, -0.1) is 0 Å². The van der Waals surface area contributed by atoms with Crippen LogP contribution in [0.3, 0.4) is 0 Å². The van der Waals surface area contributed by atoms with Crippen molar-refractivity contribution in [2.24, 2.45) is 5.10 Å². The normalized spacial score (nSPS) is 11.3. The second kappa shape index (κ2) is 9.15. The molecule has 12 nitrogen and oxygen atoms in total. The number of anilines is 3. The van der Waals surface area contributed by atoms with Crippen molar-refractivity contribution in [1.82, 2.24) is 20.3 Å². The Balaban J connectivity index is 1.38. The zero-order valence-corrected chi connectivity index (χ0v) is 18.1. The fourth-order valence-corrected chi connectivity index (χ4v) is 3.22. The number of benzene rings is 2. The van der Waals surface area contributed by atoms with E-state index in [1.54, 1.807) is 30.3 Å². The lowest BCUT2D eigenvalue weighted by Gasteiger charge is -2.09. The van der Waals surface area contributed by atoms with Crippen LogP contribution in [0.4, 0.5) is 27.4 Å². The highest BCUT2D eigenvalue weighted by Gasteiger charge is 2.16. The smallest absolute Gasteiger partial charge is 0.288 e. The van der Waals surface area contributed by atoms with Gasteiger partial charge < -0.3 is 9.73 Å². The van der Waals surface area contributed by atoms with E-state index in [2.05, 4.69) is 40.8 Å². The number of rotatable bonds is 7. The maximum atomic E-state index is 14.1. The topological polar surface area (TPSA) is 157 Å². The van der Waals surface area contributed by atoms with Gasteiger partial charge in [-0.1, -0.05) is 23.7 Å². The molecule has 35 heavy (non-hydrogen) atoms. The van der Waals surface area contributed by atoms with Crippen LogP contribution in [0.5, 0.6) is 0 Å². The molecule has 0 aliphatic heterocycles. The van der Waals surface area contributed by atoms with Crippen LogP contribution in [-0.2, 0) is 0 Å². The van der Waals surface area contributed by atoms with Crippen LogP contribution in [0.15, 0.2) is 68.7 Å². The molecule has 2 N–H and O–H groups in total. The van der Waals surface area contributed by atoms with E-state index in [0.717, 1.165) is 0 Å². The molecule has 0 unspecified atom stereocenters. The number of halogens is 2. The van der Waals surface area contributed by atoms with Crippen molar-refractivity contribution in [3.63, 3.8) is 0 Å². The number of nitrogens with zero attached hydrogens (tertiary/aromatic N) is 6. The van der Waals surface area contributed by atoms with Crippen molar-refractivity contribution < 1.29 is 18.4 Å². The summed E-state index contributed by atoms with van der Waals surface area (Å²) in [6.45, 7) is 0. The Morgan fingerprint density at radius 2 is 1.83 bits per heavy atom. The van der Waals surface area contributed by atoms with Crippen LogP contribution in [0.1, 0.15) is 5.76 Å². The van der Waals surface area contributed by atoms with Crippen molar-refractivity contribution >= 4 is 52.1 Å². The Kier molecular flexibility index (Phi) is 5.73. The van der Waals surface area contributed by atoms with E-state index in [4.69, 9.17) is 16.0 Å². The SMILES string of the molecule is O=[N+]([O-])c1cc(-c2ccc(/C=N/Nc3nc4nonc4nc3Nc3ccccc3F)o2)ccc1Cl. The summed E-state index contributed by atoms with van der Waals surface area (Å²) in [5, 5.41) is 25.3. The molecule has 174 valence electrons. The van der Waals surface area contributed by atoms with Crippen molar-refractivity contribution in [1.29, 1.82) is 0 Å². The third kappa shape index (κ3) is 4.60. The summed E-state index contributed by atoms with van der Waals surface area (Å²) in [5.41, 5.74) is 3.34. The minimum absolute atomic E-state index is 0.0245. The van der Waals surface area contributed by atoms with Gasteiger partial charge in [-0.2, -0.15) is 10.1 Å². The van der Waals surface area contributed by atoms with Gasteiger partial charge in [0.2, 0.25) is 11.3 Å². The molecule has 3 aromatic heterocycles. The first-order valence-corrected chi connectivity index (χ1v) is 10.2. The third-order valence-electron chi connectivity index (χ3n) is 4.66. The predicted octanol–water partition coefficient (Wildman–Crippen LogP) is 5.16.